The Bertz CT molecular complexity index is 1050. The molecule has 1 aliphatic rings. The van der Waals surface area contributed by atoms with Crippen LogP contribution in [0, 0.1) is 6.92 Å². The van der Waals surface area contributed by atoms with Gasteiger partial charge in [-0.05, 0) is 41.0 Å². The van der Waals surface area contributed by atoms with Crippen LogP contribution in [0.4, 0.5) is 0 Å². The van der Waals surface area contributed by atoms with Crippen LogP contribution < -0.4 is 5.32 Å². The standard InChI is InChI=1S/C22H19BrN2O2/c1-14-6-2-3-7-15(14)20-21(26)24-12-13-25(20)22(27)18-10-4-9-17-16(18)8-5-11-19(17)23/h2-11,20H,12-13H2,1H3,(H,24,26). The molecule has 1 saturated heterocycles. The van der Waals surface area contributed by atoms with Gasteiger partial charge in [-0.2, -0.15) is 0 Å². The average molecular weight is 423 g/mol. The zero-order chi connectivity index (χ0) is 19.0. The molecule has 1 aliphatic heterocycles. The summed E-state index contributed by atoms with van der Waals surface area (Å²) in [6.45, 7) is 2.91. The van der Waals surface area contributed by atoms with E-state index < -0.39 is 6.04 Å². The number of carbonyl (C=O) groups excluding carboxylic acids is 2. The zero-order valence-corrected chi connectivity index (χ0v) is 16.5. The van der Waals surface area contributed by atoms with Gasteiger partial charge in [0, 0.05) is 23.1 Å². The SMILES string of the molecule is Cc1ccccc1C1C(=O)NCCN1C(=O)c1cccc2c(Br)cccc12. The average Bonchev–Trinajstić information content (AvgIpc) is 2.68. The maximum Gasteiger partial charge on any atom is 0.255 e. The Morgan fingerprint density at radius 3 is 2.59 bits per heavy atom. The van der Waals surface area contributed by atoms with Crippen LogP contribution in [0.2, 0.25) is 0 Å². The van der Waals surface area contributed by atoms with Crippen molar-refractivity contribution < 1.29 is 9.59 Å². The Morgan fingerprint density at radius 2 is 1.78 bits per heavy atom. The number of fused-ring (bicyclic) bond motifs is 1. The number of benzene rings is 3. The monoisotopic (exact) mass is 422 g/mol. The molecule has 0 saturated carbocycles. The number of halogens is 1. The lowest BCUT2D eigenvalue weighted by Crippen LogP contribution is -2.52. The van der Waals surface area contributed by atoms with Crippen molar-refractivity contribution in [3.05, 3.63) is 81.8 Å². The van der Waals surface area contributed by atoms with Gasteiger partial charge < -0.3 is 10.2 Å². The Balaban J connectivity index is 1.82. The van der Waals surface area contributed by atoms with Crippen LogP contribution in [-0.2, 0) is 4.79 Å². The Hall–Kier alpha value is -2.66. The van der Waals surface area contributed by atoms with E-state index in [1.54, 1.807) is 4.90 Å². The first-order valence-electron chi connectivity index (χ1n) is 8.89. The lowest BCUT2D eigenvalue weighted by Gasteiger charge is -2.36. The third-order valence-electron chi connectivity index (χ3n) is 5.06. The summed E-state index contributed by atoms with van der Waals surface area (Å²) in [6.07, 6.45) is 0. The summed E-state index contributed by atoms with van der Waals surface area (Å²) in [7, 11) is 0. The second kappa shape index (κ2) is 7.16. The predicted molar refractivity (Wildman–Crippen MR) is 110 cm³/mol. The van der Waals surface area contributed by atoms with Crippen molar-refractivity contribution in [3.63, 3.8) is 0 Å². The smallest absolute Gasteiger partial charge is 0.255 e. The van der Waals surface area contributed by atoms with Gasteiger partial charge in [-0.15, -0.1) is 0 Å². The minimum absolute atomic E-state index is 0.123. The van der Waals surface area contributed by atoms with Crippen LogP contribution in [-0.4, -0.2) is 29.8 Å². The van der Waals surface area contributed by atoms with E-state index in [2.05, 4.69) is 21.2 Å². The third kappa shape index (κ3) is 3.12. The molecule has 4 nitrogen and oxygen atoms in total. The van der Waals surface area contributed by atoms with Crippen molar-refractivity contribution in [2.24, 2.45) is 0 Å². The molecule has 0 spiro atoms. The first-order chi connectivity index (χ1) is 13.1. The number of amides is 2. The fourth-order valence-corrected chi connectivity index (χ4v) is 4.20. The molecule has 0 aromatic heterocycles. The number of nitrogens with zero attached hydrogens (tertiary/aromatic N) is 1. The number of rotatable bonds is 2. The quantitative estimate of drug-likeness (QED) is 0.671. The summed E-state index contributed by atoms with van der Waals surface area (Å²) in [5.74, 6) is -0.257. The van der Waals surface area contributed by atoms with Crippen molar-refractivity contribution in [1.82, 2.24) is 10.2 Å². The topological polar surface area (TPSA) is 49.4 Å². The molecule has 3 aromatic carbocycles. The highest BCUT2D eigenvalue weighted by Gasteiger charge is 2.35. The van der Waals surface area contributed by atoms with Crippen molar-refractivity contribution >= 4 is 38.5 Å². The van der Waals surface area contributed by atoms with E-state index in [9.17, 15) is 9.59 Å². The normalized spacial score (nSPS) is 17.0. The number of hydrogen-bond acceptors (Lipinski definition) is 2. The van der Waals surface area contributed by atoms with Crippen LogP contribution in [0.3, 0.4) is 0 Å². The number of aryl methyl sites for hydroxylation is 1. The van der Waals surface area contributed by atoms with E-state index in [1.807, 2.05) is 67.6 Å². The first-order valence-corrected chi connectivity index (χ1v) is 9.68. The van der Waals surface area contributed by atoms with Crippen molar-refractivity contribution in [3.8, 4) is 0 Å². The second-order valence-corrected chi connectivity index (χ2v) is 7.54. The van der Waals surface area contributed by atoms with Crippen LogP contribution in [0.5, 0.6) is 0 Å². The van der Waals surface area contributed by atoms with Gasteiger partial charge in [0.1, 0.15) is 6.04 Å². The summed E-state index contributed by atoms with van der Waals surface area (Å²) >= 11 is 3.55. The minimum atomic E-state index is -0.616. The molecule has 3 aromatic rings. The van der Waals surface area contributed by atoms with Gasteiger partial charge in [0.15, 0.2) is 0 Å². The highest BCUT2D eigenvalue weighted by molar-refractivity contribution is 9.10. The summed E-state index contributed by atoms with van der Waals surface area (Å²) in [5.41, 5.74) is 2.48. The fraction of sp³-hybridized carbons (Fsp3) is 0.182. The molecule has 136 valence electrons. The fourth-order valence-electron chi connectivity index (χ4n) is 3.70. The Morgan fingerprint density at radius 1 is 1.04 bits per heavy atom. The Labute approximate surface area is 166 Å². The molecule has 5 heteroatoms. The van der Waals surface area contributed by atoms with Crippen molar-refractivity contribution in [2.45, 2.75) is 13.0 Å². The summed E-state index contributed by atoms with van der Waals surface area (Å²) < 4.78 is 0.946. The summed E-state index contributed by atoms with van der Waals surface area (Å²) in [4.78, 5) is 27.9. The van der Waals surface area contributed by atoms with Crippen LogP contribution in [0.25, 0.3) is 10.8 Å². The lowest BCUT2D eigenvalue weighted by atomic mass is 9.96. The molecule has 1 unspecified atom stereocenters. The molecular weight excluding hydrogens is 404 g/mol. The third-order valence-corrected chi connectivity index (χ3v) is 5.75. The number of carbonyl (C=O) groups is 2. The molecule has 4 rings (SSSR count). The van der Waals surface area contributed by atoms with E-state index in [-0.39, 0.29) is 11.8 Å². The van der Waals surface area contributed by atoms with Gasteiger partial charge in [-0.3, -0.25) is 9.59 Å². The highest BCUT2D eigenvalue weighted by atomic mass is 79.9. The van der Waals surface area contributed by atoms with E-state index in [4.69, 9.17) is 0 Å². The lowest BCUT2D eigenvalue weighted by molar-refractivity contribution is -0.128. The molecule has 0 aliphatic carbocycles. The molecular formula is C22H19BrN2O2. The summed E-state index contributed by atoms with van der Waals surface area (Å²) in [5, 5.41) is 4.76. The van der Waals surface area contributed by atoms with Gasteiger partial charge in [-0.25, -0.2) is 0 Å². The van der Waals surface area contributed by atoms with E-state index in [0.29, 0.717) is 18.7 Å². The number of piperazine rings is 1. The van der Waals surface area contributed by atoms with Crippen LogP contribution in [0.15, 0.2) is 65.1 Å². The van der Waals surface area contributed by atoms with Crippen molar-refractivity contribution in [1.29, 1.82) is 0 Å². The Kier molecular flexibility index (Phi) is 4.70. The molecule has 1 N–H and O–H groups in total. The zero-order valence-electron chi connectivity index (χ0n) is 14.9. The van der Waals surface area contributed by atoms with Gasteiger partial charge >= 0.3 is 0 Å². The molecule has 1 heterocycles. The van der Waals surface area contributed by atoms with E-state index in [1.165, 1.54) is 0 Å². The number of nitrogens with one attached hydrogen (secondary N) is 1. The van der Waals surface area contributed by atoms with Gasteiger partial charge in [0.05, 0.1) is 0 Å². The second-order valence-electron chi connectivity index (χ2n) is 6.69. The summed E-state index contributed by atoms with van der Waals surface area (Å²) in [6, 6.07) is 18.6. The first kappa shape index (κ1) is 17.7. The van der Waals surface area contributed by atoms with Gasteiger partial charge in [-0.1, -0.05) is 64.5 Å². The molecule has 2 amide bonds. The van der Waals surface area contributed by atoms with E-state index >= 15 is 0 Å². The molecule has 0 radical (unpaired) electrons. The molecule has 0 bridgehead atoms. The van der Waals surface area contributed by atoms with Gasteiger partial charge in [0.25, 0.3) is 5.91 Å². The van der Waals surface area contributed by atoms with Gasteiger partial charge in [0.2, 0.25) is 5.91 Å². The van der Waals surface area contributed by atoms with Crippen molar-refractivity contribution in [2.75, 3.05) is 13.1 Å². The minimum Gasteiger partial charge on any atom is -0.352 e. The molecule has 1 fully saturated rings. The predicted octanol–water partition coefficient (Wildman–Crippen LogP) is 4.22. The maximum atomic E-state index is 13.5. The van der Waals surface area contributed by atoms with E-state index in [0.717, 1.165) is 26.4 Å². The van der Waals surface area contributed by atoms with Crippen LogP contribution >= 0.6 is 15.9 Å². The maximum absolute atomic E-state index is 13.5. The molecule has 27 heavy (non-hydrogen) atoms. The largest absolute Gasteiger partial charge is 0.352 e. The molecule has 1 atom stereocenters. The van der Waals surface area contributed by atoms with Crippen LogP contribution in [0.1, 0.15) is 27.5 Å². The number of hydrogen-bond donors (Lipinski definition) is 1. The highest BCUT2D eigenvalue weighted by Crippen LogP contribution is 2.31.